The molecule has 0 atom stereocenters. The average molecular weight is 456 g/mol. The highest BCUT2D eigenvalue weighted by atomic mass is 35.5. The highest BCUT2D eigenvalue weighted by Gasteiger charge is 2.23. The summed E-state index contributed by atoms with van der Waals surface area (Å²) in [6.07, 6.45) is 0. The van der Waals surface area contributed by atoms with Crippen LogP contribution in [-0.2, 0) is 10.0 Å². The predicted molar refractivity (Wildman–Crippen MR) is 123 cm³/mol. The summed E-state index contributed by atoms with van der Waals surface area (Å²) in [7, 11) is -3.81. The van der Waals surface area contributed by atoms with Crippen molar-refractivity contribution < 1.29 is 13.2 Å². The fourth-order valence-corrected chi connectivity index (χ4v) is 5.12. The number of para-hydroxylation sites is 1. The summed E-state index contributed by atoms with van der Waals surface area (Å²) < 4.78 is 27.6. The monoisotopic (exact) mass is 455 g/mol. The van der Waals surface area contributed by atoms with E-state index in [1.54, 1.807) is 36.4 Å². The third-order valence-corrected chi connectivity index (χ3v) is 7.08. The lowest BCUT2D eigenvalue weighted by atomic mass is 10.1. The maximum Gasteiger partial charge on any atom is 0.263 e. The molecule has 3 aromatic rings. The first kappa shape index (κ1) is 21.2. The van der Waals surface area contributed by atoms with Gasteiger partial charge in [0.05, 0.1) is 5.02 Å². The fourth-order valence-electron chi connectivity index (χ4n) is 3.54. The van der Waals surface area contributed by atoms with Crippen molar-refractivity contribution in [1.29, 1.82) is 0 Å². The number of amides is 1. The van der Waals surface area contributed by atoms with Crippen molar-refractivity contribution in [3.8, 4) is 0 Å². The number of sulfonamides is 1. The van der Waals surface area contributed by atoms with Crippen molar-refractivity contribution in [2.45, 2.75) is 4.90 Å². The second kappa shape index (κ2) is 8.99. The first-order chi connectivity index (χ1) is 14.9. The molecule has 4 rings (SSSR count). The van der Waals surface area contributed by atoms with Crippen LogP contribution in [-0.4, -0.2) is 45.4 Å². The normalized spacial score (nSPS) is 14.4. The number of carbonyl (C=O) groups is 1. The molecular formula is C23H22ClN3O3S. The van der Waals surface area contributed by atoms with Gasteiger partial charge in [0.25, 0.3) is 15.9 Å². The molecule has 0 spiro atoms. The topological polar surface area (TPSA) is 69.7 Å². The number of hydrogen-bond donors (Lipinski definition) is 1. The Morgan fingerprint density at radius 1 is 0.806 bits per heavy atom. The van der Waals surface area contributed by atoms with Crippen LogP contribution in [0.4, 0.5) is 11.4 Å². The number of nitrogens with zero attached hydrogens (tertiary/aromatic N) is 2. The van der Waals surface area contributed by atoms with Crippen LogP contribution in [0.3, 0.4) is 0 Å². The highest BCUT2D eigenvalue weighted by Crippen LogP contribution is 2.24. The molecule has 1 N–H and O–H groups in total. The van der Waals surface area contributed by atoms with E-state index in [2.05, 4.69) is 21.8 Å². The summed E-state index contributed by atoms with van der Waals surface area (Å²) in [6, 6.07) is 22.8. The Hall–Kier alpha value is -3.03. The lowest BCUT2D eigenvalue weighted by Gasteiger charge is -2.36. The van der Waals surface area contributed by atoms with Crippen LogP contribution in [0.25, 0.3) is 0 Å². The summed E-state index contributed by atoms with van der Waals surface area (Å²) in [5.74, 6) is -0.0618. The zero-order valence-corrected chi connectivity index (χ0v) is 18.3. The Bertz CT molecular complexity index is 1160. The maximum absolute atomic E-state index is 12.9. The molecule has 160 valence electrons. The highest BCUT2D eigenvalue weighted by molar-refractivity contribution is 7.92. The van der Waals surface area contributed by atoms with E-state index >= 15 is 0 Å². The summed E-state index contributed by atoms with van der Waals surface area (Å²) in [5.41, 5.74) is 2.05. The first-order valence-corrected chi connectivity index (χ1v) is 11.8. The molecule has 0 saturated carbocycles. The molecule has 0 aliphatic carbocycles. The number of benzene rings is 3. The predicted octanol–water partition coefficient (Wildman–Crippen LogP) is 4.10. The Labute approximate surface area is 187 Å². The molecule has 31 heavy (non-hydrogen) atoms. The van der Waals surface area contributed by atoms with Crippen molar-refractivity contribution in [3.05, 3.63) is 89.4 Å². The minimum absolute atomic E-state index is 0.00751. The molecule has 1 amide bonds. The fraction of sp³-hybridized carbons (Fsp3) is 0.174. The molecule has 1 heterocycles. The largest absolute Gasteiger partial charge is 0.368 e. The van der Waals surface area contributed by atoms with Crippen LogP contribution in [0.15, 0.2) is 83.8 Å². The number of piperazine rings is 1. The third kappa shape index (κ3) is 4.84. The zero-order valence-electron chi connectivity index (χ0n) is 16.7. The molecule has 0 bridgehead atoms. The Kier molecular flexibility index (Phi) is 6.15. The molecule has 0 unspecified atom stereocenters. The lowest BCUT2D eigenvalue weighted by Crippen LogP contribution is -2.48. The van der Waals surface area contributed by atoms with Crippen LogP contribution >= 0.6 is 11.6 Å². The Morgan fingerprint density at radius 2 is 1.42 bits per heavy atom. The van der Waals surface area contributed by atoms with Gasteiger partial charge in [0, 0.05) is 43.1 Å². The molecular weight excluding hydrogens is 434 g/mol. The molecule has 1 aliphatic heterocycles. The van der Waals surface area contributed by atoms with Crippen molar-refractivity contribution in [2.75, 3.05) is 35.8 Å². The molecule has 0 radical (unpaired) electrons. The van der Waals surface area contributed by atoms with Crippen LogP contribution < -0.4 is 9.62 Å². The van der Waals surface area contributed by atoms with Gasteiger partial charge in [-0.15, -0.1) is 0 Å². The number of hydrogen-bond acceptors (Lipinski definition) is 4. The Morgan fingerprint density at radius 3 is 2.06 bits per heavy atom. The van der Waals surface area contributed by atoms with Gasteiger partial charge in [0.1, 0.15) is 4.90 Å². The van der Waals surface area contributed by atoms with E-state index < -0.39 is 10.0 Å². The van der Waals surface area contributed by atoms with Crippen LogP contribution in [0.2, 0.25) is 5.02 Å². The van der Waals surface area contributed by atoms with Crippen molar-refractivity contribution in [2.24, 2.45) is 0 Å². The average Bonchev–Trinajstić information content (AvgIpc) is 2.80. The van der Waals surface area contributed by atoms with E-state index in [-0.39, 0.29) is 15.8 Å². The van der Waals surface area contributed by atoms with E-state index in [4.69, 9.17) is 11.6 Å². The summed E-state index contributed by atoms with van der Waals surface area (Å²) in [6.45, 7) is 2.81. The number of carbonyl (C=O) groups excluding carboxylic acids is 1. The van der Waals surface area contributed by atoms with Gasteiger partial charge >= 0.3 is 0 Å². The minimum Gasteiger partial charge on any atom is -0.368 e. The molecule has 1 fully saturated rings. The van der Waals surface area contributed by atoms with Crippen molar-refractivity contribution in [1.82, 2.24) is 4.90 Å². The third-order valence-electron chi connectivity index (χ3n) is 5.20. The first-order valence-electron chi connectivity index (χ1n) is 9.91. The van der Waals surface area contributed by atoms with Crippen molar-refractivity contribution in [3.63, 3.8) is 0 Å². The smallest absolute Gasteiger partial charge is 0.263 e. The number of nitrogens with one attached hydrogen (secondary N) is 1. The quantitative estimate of drug-likeness (QED) is 0.628. The van der Waals surface area contributed by atoms with Gasteiger partial charge in [0.15, 0.2) is 0 Å². The summed E-state index contributed by atoms with van der Waals surface area (Å²) >= 11 is 6.00. The zero-order chi connectivity index (χ0) is 21.8. The van der Waals surface area contributed by atoms with Gasteiger partial charge in [-0.3, -0.25) is 9.52 Å². The second-order valence-corrected chi connectivity index (χ2v) is 9.29. The van der Waals surface area contributed by atoms with Crippen LogP contribution in [0.5, 0.6) is 0 Å². The van der Waals surface area contributed by atoms with Crippen LogP contribution in [0.1, 0.15) is 10.4 Å². The van der Waals surface area contributed by atoms with Gasteiger partial charge in [0.2, 0.25) is 0 Å². The SMILES string of the molecule is O=C(c1ccc(NS(=O)(=O)c2ccccc2Cl)cc1)N1CCN(c2ccccc2)CC1. The van der Waals surface area contributed by atoms with Gasteiger partial charge in [-0.05, 0) is 48.5 Å². The maximum atomic E-state index is 12.9. The van der Waals surface area contributed by atoms with E-state index in [0.29, 0.717) is 24.3 Å². The van der Waals surface area contributed by atoms with Gasteiger partial charge < -0.3 is 9.80 Å². The van der Waals surface area contributed by atoms with E-state index in [0.717, 1.165) is 18.8 Å². The van der Waals surface area contributed by atoms with E-state index in [1.165, 1.54) is 12.1 Å². The van der Waals surface area contributed by atoms with E-state index in [1.807, 2.05) is 23.1 Å². The number of rotatable bonds is 5. The minimum atomic E-state index is -3.81. The summed E-state index contributed by atoms with van der Waals surface area (Å²) in [4.78, 5) is 16.9. The summed E-state index contributed by atoms with van der Waals surface area (Å²) in [5, 5.41) is 0.149. The number of anilines is 2. The molecule has 8 heteroatoms. The lowest BCUT2D eigenvalue weighted by molar-refractivity contribution is 0.0747. The molecule has 0 aromatic heterocycles. The van der Waals surface area contributed by atoms with Crippen LogP contribution in [0, 0.1) is 0 Å². The number of halogens is 1. The second-order valence-electron chi connectivity index (χ2n) is 7.23. The van der Waals surface area contributed by atoms with Gasteiger partial charge in [-0.25, -0.2) is 8.42 Å². The standard InChI is InChI=1S/C23H22ClN3O3S/c24-21-8-4-5-9-22(21)31(29,30)25-19-12-10-18(11-13-19)23(28)27-16-14-26(15-17-27)20-6-2-1-3-7-20/h1-13,25H,14-17H2. The molecule has 1 saturated heterocycles. The van der Waals surface area contributed by atoms with E-state index in [9.17, 15) is 13.2 Å². The molecule has 1 aliphatic rings. The molecule has 3 aromatic carbocycles. The van der Waals surface area contributed by atoms with Gasteiger partial charge in [-0.1, -0.05) is 41.9 Å². The Balaban J connectivity index is 1.39. The molecule has 6 nitrogen and oxygen atoms in total. The van der Waals surface area contributed by atoms with Gasteiger partial charge in [-0.2, -0.15) is 0 Å². The van der Waals surface area contributed by atoms with Crippen molar-refractivity contribution >= 4 is 38.9 Å².